The minimum absolute atomic E-state index is 0.0296. The molecule has 0 aliphatic carbocycles. The first-order chi connectivity index (χ1) is 7.91. The van der Waals surface area contributed by atoms with E-state index in [4.69, 9.17) is 10.5 Å². The van der Waals surface area contributed by atoms with E-state index in [-0.39, 0.29) is 18.2 Å². The first-order valence-corrected chi connectivity index (χ1v) is 7.24. The molecule has 0 amide bonds. The molecule has 17 heavy (non-hydrogen) atoms. The van der Waals surface area contributed by atoms with Crippen molar-refractivity contribution in [1.29, 1.82) is 0 Å². The zero-order valence-electron chi connectivity index (χ0n) is 11.6. The van der Waals surface area contributed by atoms with Gasteiger partial charge in [0.15, 0.2) is 0 Å². The summed E-state index contributed by atoms with van der Waals surface area (Å²) < 4.78 is 6.13. The van der Waals surface area contributed by atoms with Crippen LogP contribution in [0.15, 0.2) is 11.4 Å². The van der Waals surface area contributed by atoms with E-state index in [2.05, 4.69) is 39.1 Å². The molecule has 3 atom stereocenters. The molecule has 0 saturated heterocycles. The topological polar surface area (TPSA) is 35.2 Å². The highest BCUT2D eigenvalue weighted by molar-refractivity contribution is 7.10. The number of hydrogen-bond donors (Lipinski definition) is 1. The quantitative estimate of drug-likeness (QED) is 0.837. The van der Waals surface area contributed by atoms with Gasteiger partial charge in [0.05, 0.1) is 6.10 Å². The van der Waals surface area contributed by atoms with E-state index >= 15 is 0 Å². The summed E-state index contributed by atoms with van der Waals surface area (Å²) in [5.74, 6) is 0.656. The summed E-state index contributed by atoms with van der Waals surface area (Å²) in [6, 6.07) is 2.16. The van der Waals surface area contributed by atoms with E-state index < -0.39 is 0 Å². The van der Waals surface area contributed by atoms with Gasteiger partial charge in [-0.2, -0.15) is 0 Å². The fourth-order valence-corrected chi connectivity index (χ4v) is 3.15. The summed E-state index contributed by atoms with van der Waals surface area (Å²) in [7, 11) is 0. The predicted molar refractivity (Wildman–Crippen MR) is 75.4 cm³/mol. The van der Waals surface area contributed by atoms with Crippen LogP contribution >= 0.6 is 11.3 Å². The number of rotatable bonds is 6. The van der Waals surface area contributed by atoms with Crippen LogP contribution in [0.1, 0.15) is 50.7 Å². The van der Waals surface area contributed by atoms with Crippen LogP contribution in [-0.4, -0.2) is 12.1 Å². The van der Waals surface area contributed by atoms with Crippen molar-refractivity contribution < 1.29 is 4.74 Å². The van der Waals surface area contributed by atoms with Gasteiger partial charge in [-0.15, -0.1) is 11.3 Å². The molecule has 1 rings (SSSR count). The minimum Gasteiger partial charge on any atom is -0.368 e. The summed E-state index contributed by atoms with van der Waals surface area (Å²) in [6.45, 7) is 10.7. The summed E-state index contributed by atoms with van der Waals surface area (Å²) in [5, 5.41) is 2.11. The molecule has 0 saturated carbocycles. The van der Waals surface area contributed by atoms with Gasteiger partial charge in [0.2, 0.25) is 0 Å². The third kappa shape index (κ3) is 4.41. The molecular weight excluding hydrogens is 230 g/mol. The molecule has 0 aromatic carbocycles. The van der Waals surface area contributed by atoms with Crippen molar-refractivity contribution in [2.45, 2.75) is 59.3 Å². The van der Waals surface area contributed by atoms with Crippen LogP contribution in [-0.2, 0) is 4.74 Å². The van der Waals surface area contributed by atoms with Crippen LogP contribution < -0.4 is 5.73 Å². The molecule has 1 aromatic rings. The van der Waals surface area contributed by atoms with Gasteiger partial charge in [0, 0.05) is 10.9 Å². The first-order valence-electron chi connectivity index (χ1n) is 6.36. The zero-order valence-corrected chi connectivity index (χ0v) is 12.4. The van der Waals surface area contributed by atoms with E-state index in [1.54, 1.807) is 11.3 Å². The lowest BCUT2D eigenvalue weighted by atomic mass is 10.1. The van der Waals surface area contributed by atoms with Crippen molar-refractivity contribution in [3.8, 4) is 0 Å². The van der Waals surface area contributed by atoms with Crippen LogP contribution in [0, 0.1) is 12.8 Å². The molecular formula is C14H25NOS. The lowest BCUT2D eigenvalue weighted by Gasteiger charge is -2.26. The Balaban J connectivity index is 2.71. The van der Waals surface area contributed by atoms with Crippen molar-refractivity contribution in [1.82, 2.24) is 0 Å². The number of aryl methyl sites for hydroxylation is 1. The first kappa shape index (κ1) is 14.7. The normalized spacial score (nSPS) is 17.1. The minimum atomic E-state index is 0.0296. The van der Waals surface area contributed by atoms with E-state index in [9.17, 15) is 0 Å². The monoisotopic (exact) mass is 255 g/mol. The summed E-state index contributed by atoms with van der Waals surface area (Å²) >= 11 is 1.74. The van der Waals surface area contributed by atoms with E-state index in [0.717, 1.165) is 6.42 Å². The molecule has 0 radical (unpaired) electrons. The molecule has 3 unspecified atom stereocenters. The largest absolute Gasteiger partial charge is 0.368 e. The average molecular weight is 255 g/mol. The Morgan fingerprint density at radius 2 is 1.94 bits per heavy atom. The smallest absolute Gasteiger partial charge is 0.107 e. The molecule has 2 N–H and O–H groups in total. The number of hydrogen-bond acceptors (Lipinski definition) is 3. The van der Waals surface area contributed by atoms with Gasteiger partial charge in [0.1, 0.15) is 6.10 Å². The van der Waals surface area contributed by atoms with Crippen molar-refractivity contribution >= 4 is 11.3 Å². The van der Waals surface area contributed by atoms with Gasteiger partial charge >= 0.3 is 0 Å². The Morgan fingerprint density at radius 3 is 2.35 bits per heavy atom. The fourth-order valence-electron chi connectivity index (χ4n) is 2.07. The fraction of sp³-hybridized carbons (Fsp3) is 0.714. The SMILES string of the molecule is Cc1ccsc1C(OC(C)CC(C)C)C(C)N. The van der Waals surface area contributed by atoms with Crippen molar-refractivity contribution in [3.63, 3.8) is 0 Å². The third-order valence-corrected chi connectivity index (χ3v) is 3.90. The molecule has 1 aromatic heterocycles. The van der Waals surface area contributed by atoms with Gasteiger partial charge < -0.3 is 10.5 Å². The van der Waals surface area contributed by atoms with Crippen molar-refractivity contribution in [3.05, 3.63) is 21.9 Å². The Labute approximate surface area is 109 Å². The van der Waals surface area contributed by atoms with Crippen LogP contribution in [0.2, 0.25) is 0 Å². The molecule has 3 heteroatoms. The van der Waals surface area contributed by atoms with Crippen molar-refractivity contribution in [2.24, 2.45) is 11.7 Å². The highest BCUT2D eigenvalue weighted by Gasteiger charge is 2.22. The van der Waals surface area contributed by atoms with Gasteiger partial charge in [-0.05, 0) is 50.1 Å². The Hall–Kier alpha value is -0.380. The average Bonchev–Trinajstić information content (AvgIpc) is 2.59. The third-order valence-electron chi connectivity index (χ3n) is 2.82. The van der Waals surface area contributed by atoms with Crippen molar-refractivity contribution in [2.75, 3.05) is 0 Å². The van der Waals surface area contributed by atoms with Gasteiger partial charge in [-0.1, -0.05) is 13.8 Å². The lowest BCUT2D eigenvalue weighted by molar-refractivity contribution is -0.0220. The summed E-state index contributed by atoms with van der Waals surface area (Å²) in [5.41, 5.74) is 7.34. The predicted octanol–water partition coefficient (Wildman–Crippen LogP) is 3.90. The molecule has 2 nitrogen and oxygen atoms in total. The maximum absolute atomic E-state index is 6.13. The van der Waals surface area contributed by atoms with Crippen LogP contribution in [0.3, 0.4) is 0 Å². The van der Waals surface area contributed by atoms with E-state index in [0.29, 0.717) is 5.92 Å². The number of ether oxygens (including phenoxy) is 1. The molecule has 0 aliphatic rings. The Morgan fingerprint density at radius 1 is 1.29 bits per heavy atom. The molecule has 0 aliphatic heterocycles. The Kier molecular flexibility index (Phi) is 5.63. The zero-order chi connectivity index (χ0) is 13.0. The van der Waals surface area contributed by atoms with Gasteiger partial charge in [-0.3, -0.25) is 0 Å². The van der Waals surface area contributed by atoms with Crippen LogP contribution in [0.4, 0.5) is 0 Å². The van der Waals surface area contributed by atoms with Gasteiger partial charge in [-0.25, -0.2) is 0 Å². The van der Waals surface area contributed by atoms with Gasteiger partial charge in [0.25, 0.3) is 0 Å². The molecule has 1 heterocycles. The molecule has 0 spiro atoms. The van der Waals surface area contributed by atoms with Crippen LogP contribution in [0.25, 0.3) is 0 Å². The second-order valence-electron chi connectivity index (χ2n) is 5.32. The second kappa shape index (κ2) is 6.53. The highest BCUT2D eigenvalue weighted by Crippen LogP contribution is 2.30. The van der Waals surface area contributed by atoms with E-state index in [1.165, 1.54) is 10.4 Å². The second-order valence-corrected chi connectivity index (χ2v) is 6.27. The van der Waals surface area contributed by atoms with E-state index in [1.807, 2.05) is 6.92 Å². The number of nitrogens with two attached hydrogens (primary N) is 1. The molecule has 0 bridgehead atoms. The Bertz CT molecular complexity index is 333. The number of thiophene rings is 1. The summed E-state index contributed by atoms with van der Waals surface area (Å²) in [6.07, 6.45) is 1.37. The highest BCUT2D eigenvalue weighted by atomic mass is 32.1. The molecule has 98 valence electrons. The lowest BCUT2D eigenvalue weighted by Crippen LogP contribution is -2.30. The maximum atomic E-state index is 6.13. The maximum Gasteiger partial charge on any atom is 0.107 e. The standard InChI is InChI=1S/C14H25NOS/c1-9(2)8-11(4)16-13(12(5)15)14-10(3)6-7-17-14/h6-7,9,11-13H,8,15H2,1-5H3. The van der Waals surface area contributed by atoms with Crippen LogP contribution in [0.5, 0.6) is 0 Å². The molecule has 0 fully saturated rings. The summed E-state index contributed by atoms with van der Waals surface area (Å²) in [4.78, 5) is 1.27.